The van der Waals surface area contributed by atoms with E-state index >= 15 is 0 Å². The van der Waals surface area contributed by atoms with Crippen molar-refractivity contribution in [3.8, 4) is 28.7 Å². The average Bonchev–Trinajstić information content (AvgIpc) is 3.04. The van der Waals surface area contributed by atoms with Gasteiger partial charge in [-0.2, -0.15) is 8.42 Å². The molecule has 0 aromatic heterocycles. The van der Waals surface area contributed by atoms with Crippen LogP contribution in [0.25, 0.3) is 10.8 Å². The standard InChI is InChI=1S/C30H31N5O11S/c1-17(38)31-19-4-6-21-18(12-19)13-28(47(40,41)42)29(30(21)39)35-34-24-15-26(44-3)23(16-27(24)46-11-9-37)33-32-22-7-5-20(45-10-8-36)14-25(22)43-2/h4-7,12-16,36-37,39H,8-11H2,1-3H3,(H,31,38)(H,40,41,42). The molecule has 0 aliphatic carbocycles. The zero-order chi connectivity index (χ0) is 34.1. The Kier molecular flexibility index (Phi) is 11.2. The van der Waals surface area contributed by atoms with Crippen LogP contribution in [0.4, 0.5) is 28.4 Å². The van der Waals surface area contributed by atoms with Gasteiger partial charge in [0, 0.05) is 36.2 Å². The van der Waals surface area contributed by atoms with Crippen LogP contribution in [0.5, 0.6) is 28.7 Å². The fraction of sp³-hybridized carbons (Fsp3) is 0.233. The highest BCUT2D eigenvalue weighted by atomic mass is 32.2. The number of carbonyl (C=O) groups excluding carboxylic acids is 1. The fourth-order valence-electron chi connectivity index (χ4n) is 4.26. The lowest BCUT2D eigenvalue weighted by Gasteiger charge is -2.12. The van der Waals surface area contributed by atoms with E-state index in [1.165, 1.54) is 51.5 Å². The second kappa shape index (κ2) is 15.3. The molecule has 1 amide bonds. The van der Waals surface area contributed by atoms with E-state index in [9.17, 15) is 28.0 Å². The largest absolute Gasteiger partial charge is 0.505 e. The highest BCUT2D eigenvalue weighted by Gasteiger charge is 2.23. The Morgan fingerprint density at radius 3 is 2.06 bits per heavy atom. The predicted molar refractivity (Wildman–Crippen MR) is 169 cm³/mol. The van der Waals surface area contributed by atoms with Crippen LogP contribution in [0.15, 0.2) is 79.9 Å². The van der Waals surface area contributed by atoms with E-state index in [0.717, 1.165) is 6.07 Å². The Morgan fingerprint density at radius 2 is 1.40 bits per heavy atom. The van der Waals surface area contributed by atoms with Gasteiger partial charge < -0.3 is 39.6 Å². The number of azo groups is 2. The van der Waals surface area contributed by atoms with Crippen LogP contribution >= 0.6 is 0 Å². The number of anilines is 1. The monoisotopic (exact) mass is 669 g/mol. The number of nitrogens with zero attached hydrogens (tertiary/aromatic N) is 4. The average molecular weight is 670 g/mol. The summed E-state index contributed by atoms with van der Waals surface area (Å²) in [4.78, 5) is 10.7. The molecule has 0 aliphatic heterocycles. The number of fused-ring (bicyclic) bond motifs is 1. The summed E-state index contributed by atoms with van der Waals surface area (Å²) >= 11 is 0. The Hall–Kier alpha value is -5.36. The van der Waals surface area contributed by atoms with E-state index in [2.05, 4.69) is 25.8 Å². The third-order valence-corrected chi connectivity index (χ3v) is 7.16. The first-order chi connectivity index (χ1) is 22.5. The predicted octanol–water partition coefficient (Wildman–Crippen LogP) is 5.34. The summed E-state index contributed by atoms with van der Waals surface area (Å²) in [7, 11) is -2.13. The molecule has 0 heterocycles. The number of aliphatic hydroxyl groups excluding tert-OH is 2. The Labute approximate surface area is 268 Å². The first-order valence-corrected chi connectivity index (χ1v) is 15.2. The lowest BCUT2D eigenvalue weighted by atomic mass is 10.1. The van der Waals surface area contributed by atoms with Crippen LogP contribution in [0.2, 0.25) is 0 Å². The number of aromatic hydroxyl groups is 1. The molecular weight excluding hydrogens is 638 g/mol. The lowest BCUT2D eigenvalue weighted by Crippen LogP contribution is -2.05. The molecule has 248 valence electrons. The molecule has 0 bridgehead atoms. The number of benzene rings is 4. The van der Waals surface area contributed by atoms with Gasteiger partial charge in [0.25, 0.3) is 10.1 Å². The molecule has 0 saturated carbocycles. The summed E-state index contributed by atoms with van der Waals surface area (Å²) in [5.74, 6) is -0.0113. The summed E-state index contributed by atoms with van der Waals surface area (Å²) in [6.07, 6.45) is 0. The lowest BCUT2D eigenvalue weighted by molar-refractivity contribution is -0.114. The van der Waals surface area contributed by atoms with Gasteiger partial charge in [0.1, 0.15) is 63.9 Å². The Balaban J connectivity index is 1.78. The summed E-state index contributed by atoms with van der Waals surface area (Å²) in [5.41, 5.74) is 0.253. The number of rotatable bonds is 14. The topological polar surface area (TPSA) is 231 Å². The van der Waals surface area contributed by atoms with Crippen LogP contribution in [-0.4, -0.2) is 74.8 Å². The summed E-state index contributed by atoms with van der Waals surface area (Å²) in [6.45, 7) is 0.709. The minimum atomic E-state index is -4.93. The third-order valence-electron chi connectivity index (χ3n) is 6.29. The van der Waals surface area contributed by atoms with Crippen LogP contribution in [0.1, 0.15) is 6.92 Å². The maximum atomic E-state index is 12.3. The van der Waals surface area contributed by atoms with Crippen molar-refractivity contribution < 1.29 is 52.0 Å². The van der Waals surface area contributed by atoms with Gasteiger partial charge in [0.2, 0.25) is 5.91 Å². The fourth-order valence-corrected chi connectivity index (χ4v) is 4.92. The highest BCUT2D eigenvalue weighted by Crippen LogP contribution is 2.45. The quantitative estimate of drug-likeness (QED) is 0.0849. The number of aliphatic hydroxyl groups is 2. The minimum Gasteiger partial charge on any atom is -0.505 e. The van der Waals surface area contributed by atoms with Gasteiger partial charge in [-0.15, -0.1) is 20.5 Å². The molecule has 0 spiro atoms. The molecule has 16 nitrogen and oxygen atoms in total. The number of methoxy groups -OCH3 is 2. The number of hydrogen-bond donors (Lipinski definition) is 5. The minimum absolute atomic E-state index is 0.0148. The summed E-state index contributed by atoms with van der Waals surface area (Å²) in [6, 6.07) is 13.0. The van der Waals surface area contributed by atoms with Crippen molar-refractivity contribution in [2.24, 2.45) is 20.5 Å². The van der Waals surface area contributed by atoms with Crippen LogP contribution in [-0.2, 0) is 14.9 Å². The number of nitrogens with one attached hydrogen (secondary N) is 1. The SMILES string of the molecule is COc1cc(OCCO)ccc1N=Nc1cc(OCCO)c(N=Nc2c(S(=O)(=O)O)cc3cc(NC(C)=O)ccc3c2O)cc1OC. The first kappa shape index (κ1) is 34.5. The van der Waals surface area contributed by atoms with Gasteiger partial charge in [-0.3, -0.25) is 9.35 Å². The van der Waals surface area contributed by atoms with Gasteiger partial charge in [-0.05, 0) is 41.8 Å². The van der Waals surface area contributed by atoms with Crippen molar-refractivity contribution in [2.75, 3.05) is 46.0 Å². The molecule has 4 rings (SSSR count). The van der Waals surface area contributed by atoms with E-state index in [0.29, 0.717) is 22.9 Å². The number of carbonyl (C=O) groups is 1. The highest BCUT2D eigenvalue weighted by molar-refractivity contribution is 7.86. The molecule has 0 radical (unpaired) electrons. The van der Waals surface area contributed by atoms with Gasteiger partial charge in [0.05, 0.1) is 27.4 Å². The molecule has 17 heteroatoms. The molecule has 5 N–H and O–H groups in total. The third kappa shape index (κ3) is 8.47. The van der Waals surface area contributed by atoms with Crippen molar-refractivity contribution in [1.82, 2.24) is 0 Å². The molecule has 0 saturated heterocycles. The van der Waals surface area contributed by atoms with E-state index in [1.807, 2.05) is 0 Å². The Morgan fingerprint density at radius 1 is 0.787 bits per heavy atom. The molecular formula is C30H31N5O11S. The summed E-state index contributed by atoms with van der Waals surface area (Å²) < 4.78 is 56.5. The van der Waals surface area contributed by atoms with E-state index in [4.69, 9.17) is 24.1 Å². The van der Waals surface area contributed by atoms with E-state index in [1.54, 1.807) is 18.2 Å². The second-order valence-electron chi connectivity index (χ2n) is 9.53. The van der Waals surface area contributed by atoms with Crippen LogP contribution < -0.4 is 24.3 Å². The van der Waals surface area contributed by atoms with Gasteiger partial charge in [0.15, 0.2) is 5.75 Å². The van der Waals surface area contributed by atoms with Crippen molar-refractivity contribution in [2.45, 2.75) is 11.8 Å². The number of phenolic OH excluding ortho intramolecular Hbond substituents is 1. The summed E-state index contributed by atoms with van der Waals surface area (Å²) in [5, 5.41) is 48.8. The van der Waals surface area contributed by atoms with Crippen molar-refractivity contribution in [1.29, 1.82) is 0 Å². The molecule has 0 aliphatic rings. The number of ether oxygens (including phenoxy) is 4. The van der Waals surface area contributed by atoms with Gasteiger partial charge in [-0.25, -0.2) is 0 Å². The maximum absolute atomic E-state index is 12.3. The smallest absolute Gasteiger partial charge is 0.296 e. The van der Waals surface area contributed by atoms with Crippen molar-refractivity contribution in [3.05, 3.63) is 54.6 Å². The van der Waals surface area contributed by atoms with Crippen molar-refractivity contribution >= 4 is 55.2 Å². The van der Waals surface area contributed by atoms with Crippen molar-refractivity contribution in [3.63, 3.8) is 0 Å². The Bertz CT molecular complexity index is 1950. The zero-order valence-electron chi connectivity index (χ0n) is 25.4. The van der Waals surface area contributed by atoms with Gasteiger partial charge in [-0.1, -0.05) is 0 Å². The first-order valence-electron chi connectivity index (χ1n) is 13.7. The molecule has 4 aromatic rings. The maximum Gasteiger partial charge on any atom is 0.296 e. The van der Waals surface area contributed by atoms with Gasteiger partial charge >= 0.3 is 0 Å². The van der Waals surface area contributed by atoms with Crippen LogP contribution in [0.3, 0.4) is 0 Å². The normalized spacial score (nSPS) is 11.7. The van der Waals surface area contributed by atoms with Crippen LogP contribution in [0, 0.1) is 0 Å². The number of hydrogen-bond acceptors (Lipinski definition) is 14. The molecule has 0 unspecified atom stereocenters. The second-order valence-corrected chi connectivity index (χ2v) is 10.9. The number of phenols is 1. The molecule has 47 heavy (non-hydrogen) atoms. The molecule has 0 fully saturated rings. The molecule has 0 atom stereocenters. The number of amides is 1. The zero-order valence-corrected chi connectivity index (χ0v) is 26.2. The van der Waals surface area contributed by atoms with E-state index < -0.39 is 26.5 Å². The van der Waals surface area contributed by atoms with E-state index in [-0.39, 0.29) is 66.0 Å². The molecule has 4 aromatic carbocycles.